The van der Waals surface area contributed by atoms with Crippen LogP contribution in [0.1, 0.15) is 20.8 Å². The summed E-state index contributed by atoms with van der Waals surface area (Å²) in [6.45, 7) is 7.78. The molecule has 10 heavy (non-hydrogen) atoms. The first-order valence-electron chi connectivity index (χ1n) is 3.60. The van der Waals surface area contributed by atoms with Crippen LogP contribution in [0.3, 0.4) is 0 Å². The van der Waals surface area contributed by atoms with Gasteiger partial charge in [0, 0.05) is 0 Å². The highest BCUT2D eigenvalue weighted by Crippen LogP contribution is 1.90. The van der Waals surface area contributed by atoms with Gasteiger partial charge in [-0.3, -0.25) is 0 Å². The van der Waals surface area contributed by atoms with E-state index in [-0.39, 0.29) is 0 Å². The highest BCUT2D eigenvalue weighted by atomic mass is 28.3. The van der Waals surface area contributed by atoms with Gasteiger partial charge in [0.05, 0.1) is 19.8 Å². The first-order valence-corrected chi connectivity index (χ1v) is 4.82. The molecule has 0 unspecified atom stereocenters. The van der Waals surface area contributed by atoms with Crippen molar-refractivity contribution >= 4 is 9.53 Å². The third kappa shape index (κ3) is 4.93. The zero-order valence-electron chi connectivity index (χ0n) is 6.85. The Morgan fingerprint density at radius 1 is 0.800 bits per heavy atom. The van der Waals surface area contributed by atoms with Gasteiger partial charge in [-0.2, -0.15) is 13.3 Å². The van der Waals surface area contributed by atoms with Gasteiger partial charge >= 0.3 is 9.53 Å². The molecular weight excluding hydrogens is 148 g/mol. The fraction of sp³-hybridized carbons (Fsp3) is 1.00. The molecule has 0 spiro atoms. The Morgan fingerprint density at radius 2 is 1.10 bits per heavy atom. The maximum Gasteiger partial charge on any atom is 0.832 e. The van der Waals surface area contributed by atoms with Gasteiger partial charge in [0.25, 0.3) is 0 Å². The van der Waals surface area contributed by atoms with E-state index in [0.29, 0.717) is 19.8 Å². The van der Waals surface area contributed by atoms with Gasteiger partial charge in [0.2, 0.25) is 0 Å². The van der Waals surface area contributed by atoms with E-state index in [1.54, 1.807) is 0 Å². The van der Waals surface area contributed by atoms with Crippen LogP contribution in [-0.2, 0) is 13.3 Å². The Balaban J connectivity index is 3.30. The minimum atomic E-state index is -1.40. The molecule has 0 N–H and O–H groups in total. The van der Waals surface area contributed by atoms with E-state index in [9.17, 15) is 0 Å². The van der Waals surface area contributed by atoms with E-state index in [1.807, 2.05) is 20.8 Å². The van der Waals surface area contributed by atoms with Crippen molar-refractivity contribution in [2.24, 2.45) is 0 Å². The smallest absolute Gasteiger partial charge is 0.189 e. The molecule has 0 aliphatic heterocycles. The van der Waals surface area contributed by atoms with Crippen molar-refractivity contribution in [2.45, 2.75) is 20.8 Å². The zero-order chi connectivity index (χ0) is 7.82. The minimum Gasteiger partial charge on any atom is -0.189 e. The van der Waals surface area contributed by atoms with Crippen LogP contribution < -0.4 is 0 Å². The summed E-state index contributed by atoms with van der Waals surface area (Å²) in [4.78, 5) is 0. The molecule has 0 aliphatic rings. The Morgan fingerprint density at radius 3 is 1.30 bits per heavy atom. The van der Waals surface area contributed by atoms with Crippen LogP contribution in [0.4, 0.5) is 0 Å². The van der Waals surface area contributed by atoms with E-state index in [1.165, 1.54) is 0 Å². The van der Waals surface area contributed by atoms with Crippen molar-refractivity contribution in [3.8, 4) is 0 Å². The number of hydrogen-bond donors (Lipinski definition) is 0. The lowest BCUT2D eigenvalue weighted by Gasteiger charge is -1.94. The average molecular weight is 163 g/mol. The topological polar surface area (TPSA) is 27.7 Å². The molecule has 0 saturated carbocycles. The Kier molecular flexibility index (Phi) is 7.28. The summed E-state index contributed by atoms with van der Waals surface area (Å²) in [7, 11) is -1.40. The quantitative estimate of drug-likeness (QED) is 0.548. The van der Waals surface area contributed by atoms with Crippen molar-refractivity contribution in [3.05, 3.63) is 0 Å². The molecule has 0 atom stereocenters. The molecule has 0 aliphatic carbocycles. The molecule has 0 aromatic rings. The normalized spacial score (nSPS) is 9.90. The van der Waals surface area contributed by atoms with Gasteiger partial charge in [0.15, 0.2) is 0 Å². The van der Waals surface area contributed by atoms with Gasteiger partial charge in [-0.15, -0.1) is 0 Å². The second-order valence-electron chi connectivity index (χ2n) is 1.55. The Bertz CT molecular complexity index is 55.7. The summed E-state index contributed by atoms with van der Waals surface area (Å²) in [6.07, 6.45) is 0. The molecule has 0 saturated heterocycles. The zero-order valence-corrected chi connectivity index (χ0v) is 7.85. The van der Waals surface area contributed by atoms with Crippen molar-refractivity contribution < 1.29 is 13.3 Å². The Labute approximate surface area is 64.3 Å². The van der Waals surface area contributed by atoms with E-state index >= 15 is 0 Å². The van der Waals surface area contributed by atoms with E-state index in [0.717, 1.165) is 0 Å². The summed E-state index contributed by atoms with van der Waals surface area (Å²) < 4.78 is 15.5. The lowest BCUT2D eigenvalue weighted by atomic mass is 10.9. The second-order valence-corrected chi connectivity index (χ2v) is 2.92. The highest BCUT2D eigenvalue weighted by molar-refractivity contribution is 6.36. The van der Waals surface area contributed by atoms with Crippen LogP contribution in [0.15, 0.2) is 0 Å². The van der Waals surface area contributed by atoms with E-state index in [4.69, 9.17) is 13.3 Å². The maximum atomic E-state index is 5.18. The van der Waals surface area contributed by atoms with Crippen LogP contribution >= 0.6 is 0 Å². The summed E-state index contributed by atoms with van der Waals surface area (Å²) in [5, 5.41) is 0. The summed E-state index contributed by atoms with van der Waals surface area (Å²) in [5.41, 5.74) is 0. The third-order valence-corrected chi connectivity index (χ3v) is 2.36. The molecule has 0 rings (SSSR count). The number of hydrogen-bond acceptors (Lipinski definition) is 3. The monoisotopic (exact) mass is 163 g/mol. The van der Waals surface area contributed by atoms with Crippen LogP contribution in [-0.4, -0.2) is 29.3 Å². The fourth-order valence-electron chi connectivity index (χ4n) is 0.479. The van der Waals surface area contributed by atoms with Crippen LogP contribution in [0, 0.1) is 0 Å². The lowest BCUT2D eigenvalue weighted by Crippen LogP contribution is -2.27. The molecule has 60 valence electrons. The highest BCUT2D eigenvalue weighted by Gasteiger charge is 2.35. The fourth-order valence-corrected chi connectivity index (χ4v) is 1.44. The molecule has 0 heterocycles. The van der Waals surface area contributed by atoms with Gasteiger partial charge in [-0.05, 0) is 20.8 Å². The molecule has 0 fully saturated rings. The number of rotatable bonds is 6. The summed E-state index contributed by atoms with van der Waals surface area (Å²) in [6, 6.07) is 0. The average Bonchev–Trinajstić information content (AvgIpc) is 1.90. The molecular formula is C6H15O3Si+. The van der Waals surface area contributed by atoms with Crippen molar-refractivity contribution in [2.75, 3.05) is 19.8 Å². The standard InChI is InChI=1S/C6H15O3Si/c1-4-7-10(8-5-2)9-6-3/h4-6H2,1-3H3/q+1. The summed E-state index contributed by atoms with van der Waals surface area (Å²) in [5.74, 6) is 0. The minimum absolute atomic E-state index is 0.661. The predicted molar refractivity (Wildman–Crippen MR) is 40.6 cm³/mol. The van der Waals surface area contributed by atoms with Gasteiger partial charge < -0.3 is 0 Å². The third-order valence-electron chi connectivity index (χ3n) is 0.787. The van der Waals surface area contributed by atoms with Gasteiger partial charge in [0.1, 0.15) is 0 Å². The van der Waals surface area contributed by atoms with Crippen molar-refractivity contribution in [3.63, 3.8) is 0 Å². The van der Waals surface area contributed by atoms with Crippen LogP contribution in [0.25, 0.3) is 0 Å². The molecule has 0 aromatic carbocycles. The largest absolute Gasteiger partial charge is 0.832 e. The first-order chi connectivity index (χ1) is 4.85. The van der Waals surface area contributed by atoms with Crippen molar-refractivity contribution in [1.29, 1.82) is 0 Å². The maximum absolute atomic E-state index is 5.18. The van der Waals surface area contributed by atoms with E-state index in [2.05, 4.69) is 0 Å². The molecule has 0 amide bonds. The lowest BCUT2D eigenvalue weighted by molar-refractivity contribution is 0.107. The van der Waals surface area contributed by atoms with Crippen molar-refractivity contribution in [1.82, 2.24) is 0 Å². The summed E-state index contributed by atoms with van der Waals surface area (Å²) >= 11 is 0. The molecule has 0 bridgehead atoms. The SMILES string of the molecule is CCO[Si+](OCC)OCC. The predicted octanol–water partition coefficient (Wildman–Crippen LogP) is 1.08. The van der Waals surface area contributed by atoms with Gasteiger partial charge in [-0.1, -0.05) is 0 Å². The first kappa shape index (κ1) is 10.1. The Hall–Kier alpha value is 0.0969. The van der Waals surface area contributed by atoms with E-state index < -0.39 is 9.53 Å². The molecule has 0 aromatic heterocycles. The molecule has 0 radical (unpaired) electrons. The molecule has 4 heteroatoms. The van der Waals surface area contributed by atoms with Crippen LogP contribution in [0.5, 0.6) is 0 Å². The second kappa shape index (κ2) is 7.21. The molecule has 3 nitrogen and oxygen atoms in total. The van der Waals surface area contributed by atoms with Crippen LogP contribution in [0.2, 0.25) is 0 Å². The van der Waals surface area contributed by atoms with Gasteiger partial charge in [-0.25, -0.2) is 0 Å².